The highest BCUT2D eigenvalue weighted by atomic mass is 19.1. The SMILES string of the molecule is Fc1ccc(C(NCCN2CCOCC2)C2CC2)cc1. The summed E-state index contributed by atoms with van der Waals surface area (Å²) in [6, 6.07) is 7.35. The summed E-state index contributed by atoms with van der Waals surface area (Å²) in [7, 11) is 0. The zero-order valence-corrected chi connectivity index (χ0v) is 11.9. The summed E-state index contributed by atoms with van der Waals surface area (Å²) in [6.45, 7) is 5.82. The molecule has 1 saturated heterocycles. The van der Waals surface area contributed by atoms with Gasteiger partial charge in [0.1, 0.15) is 5.82 Å². The van der Waals surface area contributed by atoms with Crippen LogP contribution in [0, 0.1) is 11.7 Å². The Labute approximate surface area is 120 Å². The number of halogens is 1. The smallest absolute Gasteiger partial charge is 0.123 e. The van der Waals surface area contributed by atoms with Crippen molar-refractivity contribution in [3.05, 3.63) is 35.6 Å². The molecule has 1 saturated carbocycles. The molecule has 1 unspecified atom stereocenters. The van der Waals surface area contributed by atoms with Crippen molar-refractivity contribution in [1.29, 1.82) is 0 Å². The second kappa shape index (κ2) is 6.66. The van der Waals surface area contributed by atoms with Crippen molar-refractivity contribution in [2.45, 2.75) is 18.9 Å². The van der Waals surface area contributed by atoms with E-state index in [1.54, 1.807) is 12.1 Å². The summed E-state index contributed by atoms with van der Waals surface area (Å²) in [6.07, 6.45) is 2.57. The summed E-state index contributed by atoms with van der Waals surface area (Å²) in [5.41, 5.74) is 1.22. The van der Waals surface area contributed by atoms with E-state index in [9.17, 15) is 4.39 Å². The fourth-order valence-corrected chi connectivity index (χ4v) is 2.86. The standard InChI is InChI=1S/C16H23FN2O/c17-15-5-3-14(4-6-15)16(13-1-2-13)18-7-8-19-9-11-20-12-10-19/h3-6,13,16,18H,1-2,7-12H2. The molecule has 1 aliphatic carbocycles. The van der Waals surface area contributed by atoms with Gasteiger partial charge in [0.2, 0.25) is 0 Å². The molecule has 0 bridgehead atoms. The van der Waals surface area contributed by atoms with Crippen molar-refractivity contribution in [3.8, 4) is 0 Å². The van der Waals surface area contributed by atoms with Gasteiger partial charge in [0.05, 0.1) is 13.2 Å². The van der Waals surface area contributed by atoms with Crippen molar-refractivity contribution in [2.24, 2.45) is 5.92 Å². The lowest BCUT2D eigenvalue weighted by Gasteiger charge is -2.28. The molecule has 1 aromatic carbocycles. The molecule has 1 aliphatic heterocycles. The predicted molar refractivity (Wildman–Crippen MR) is 77.1 cm³/mol. The van der Waals surface area contributed by atoms with E-state index >= 15 is 0 Å². The van der Waals surface area contributed by atoms with Crippen molar-refractivity contribution in [3.63, 3.8) is 0 Å². The third-order valence-corrected chi connectivity index (χ3v) is 4.22. The number of hydrogen-bond acceptors (Lipinski definition) is 3. The zero-order chi connectivity index (χ0) is 13.8. The van der Waals surface area contributed by atoms with E-state index in [-0.39, 0.29) is 5.82 Å². The molecule has 2 fully saturated rings. The first-order valence-electron chi connectivity index (χ1n) is 7.62. The maximum atomic E-state index is 13.0. The monoisotopic (exact) mass is 278 g/mol. The van der Waals surface area contributed by atoms with Crippen LogP contribution in [0.15, 0.2) is 24.3 Å². The van der Waals surface area contributed by atoms with Crippen LogP contribution in [-0.4, -0.2) is 44.3 Å². The summed E-state index contributed by atoms with van der Waals surface area (Å²) in [5, 5.41) is 3.66. The molecule has 3 nitrogen and oxygen atoms in total. The first kappa shape index (κ1) is 14.0. The molecule has 0 radical (unpaired) electrons. The van der Waals surface area contributed by atoms with E-state index < -0.39 is 0 Å². The molecule has 1 aromatic rings. The Morgan fingerprint density at radius 1 is 1.20 bits per heavy atom. The second-order valence-electron chi connectivity index (χ2n) is 5.77. The minimum Gasteiger partial charge on any atom is -0.379 e. The summed E-state index contributed by atoms with van der Waals surface area (Å²) >= 11 is 0. The Morgan fingerprint density at radius 3 is 2.55 bits per heavy atom. The molecule has 1 heterocycles. The lowest BCUT2D eigenvalue weighted by molar-refractivity contribution is 0.0380. The number of nitrogens with one attached hydrogen (secondary N) is 1. The minimum absolute atomic E-state index is 0.156. The van der Waals surface area contributed by atoms with Gasteiger partial charge in [-0.25, -0.2) is 4.39 Å². The highest BCUT2D eigenvalue weighted by molar-refractivity contribution is 5.22. The number of rotatable bonds is 6. The molecular weight excluding hydrogens is 255 g/mol. The summed E-state index contributed by atoms with van der Waals surface area (Å²) < 4.78 is 18.4. The Balaban J connectivity index is 1.51. The van der Waals surface area contributed by atoms with Gasteiger partial charge in [0.25, 0.3) is 0 Å². The topological polar surface area (TPSA) is 24.5 Å². The molecule has 2 aliphatic rings. The van der Waals surface area contributed by atoms with Crippen molar-refractivity contribution < 1.29 is 9.13 Å². The van der Waals surface area contributed by atoms with E-state index in [2.05, 4.69) is 10.2 Å². The van der Waals surface area contributed by atoms with Crippen LogP contribution in [0.25, 0.3) is 0 Å². The van der Waals surface area contributed by atoms with Gasteiger partial charge in [-0.3, -0.25) is 4.90 Å². The highest BCUT2D eigenvalue weighted by Crippen LogP contribution is 2.40. The van der Waals surface area contributed by atoms with Crippen LogP contribution < -0.4 is 5.32 Å². The maximum absolute atomic E-state index is 13.0. The quantitative estimate of drug-likeness (QED) is 0.863. The van der Waals surface area contributed by atoms with Crippen LogP contribution >= 0.6 is 0 Å². The normalized spacial score (nSPS) is 21.9. The van der Waals surface area contributed by atoms with Crippen LogP contribution in [0.4, 0.5) is 4.39 Å². The molecule has 20 heavy (non-hydrogen) atoms. The van der Waals surface area contributed by atoms with Gasteiger partial charge < -0.3 is 10.1 Å². The van der Waals surface area contributed by atoms with Gasteiger partial charge in [0, 0.05) is 32.2 Å². The molecule has 0 aromatic heterocycles. The minimum atomic E-state index is -0.156. The third kappa shape index (κ3) is 3.78. The van der Waals surface area contributed by atoms with Gasteiger partial charge >= 0.3 is 0 Å². The number of hydrogen-bond donors (Lipinski definition) is 1. The fraction of sp³-hybridized carbons (Fsp3) is 0.625. The molecule has 3 rings (SSSR count). The third-order valence-electron chi connectivity index (χ3n) is 4.22. The Kier molecular flexibility index (Phi) is 4.65. The first-order valence-corrected chi connectivity index (χ1v) is 7.62. The maximum Gasteiger partial charge on any atom is 0.123 e. The van der Waals surface area contributed by atoms with Gasteiger partial charge in [-0.1, -0.05) is 12.1 Å². The average molecular weight is 278 g/mol. The van der Waals surface area contributed by atoms with E-state index in [4.69, 9.17) is 4.74 Å². The van der Waals surface area contributed by atoms with Crippen LogP contribution in [0.2, 0.25) is 0 Å². The van der Waals surface area contributed by atoms with Crippen molar-refractivity contribution >= 4 is 0 Å². The predicted octanol–water partition coefficient (Wildman–Crippen LogP) is 2.20. The Hall–Kier alpha value is -0.970. The Bertz CT molecular complexity index is 413. The average Bonchev–Trinajstić information content (AvgIpc) is 3.31. The largest absolute Gasteiger partial charge is 0.379 e. The summed E-state index contributed by atoms with van der Waals surface area (Å²) in [4.78, 5) is 2.44. The van der Waals surface area contributed by atoms with E-state index in [0.29, 0.717) is 6.04 Å². The molecule has 1 atom stereocenters. The lowest BCUT2D eigenvalue weighted by atomic mass is 10.0. The van der Waals surface area contributed by atoms with Crippen molar-refractivity contribution in [2.75, 3.05) is 39.4 Å². The van der Waals surface area contributed by atoms with Crippen molar-refractivity contribution in [1.82, 2.24) is 10.2 Å². The molecule has 0 spiro atoms. The molecule has 110 valence electrons. The molecular formula is C16H23FN2O. The van der Waals surface area contributed by atoms with Crippen LogP contribution in [0.5, 0.6) is 0 Å². The highest BCUT2D eigenvalue weighted by Gasteiger charge is 2.31. The van der Waals surface area contributed by atoms with Gasteiger partial charge in [0.15, 0.2) is 0 Å². The van der Waals surface area contributed by atoms with E-state index in [0.717, 1.165) is 45.3 Å². The summed E-state index contributed by atoms with van der Waals surface area (Å²) in [5.74, 6) is 0.571. The number of morpholine rings is 1. The number of benzene rings is 1. The van der Waals surface area contributed by atoms with E-state index in [1.165, 1.54) is 18.4 Å². The molecule has 4 heteroatoms. The molecule has 0 amide bonds. The van der Waals surface area contributed by atoms with E-state index in [1.807, 2.05) is 12.1 Å². The van der Waals surface area contributed by atoms with Crippen LogP contribution in [0.3, 0.4) is 0 Å². The number of ether oxygens (including phenoxy) is 1. The second-order valence-corrected chi connectivity index (χ2v) is 5.77. The Morgan fingerprint density at radius 2 is 1.90 bits per heavy atom. The van der Waals surface area contributed by atoms with Gasteiger partial charge in [-0.05, 0) is 36.5 Å². The van der Waals surface area contributed by atoms with Crippen LogP contribution in [-0.2, 0) is 4.74 Å². The fourth-order valence-electron chi connectivity index (χ4n) is 2.86. The van der Waals surface area contributed by atoms with Gasteiger partial charge in [-0.2, -0.15) is 0 Å². The van der Waals surface area contributed by atoms with Gasteiger partial charge in [-0.15, -0.1) is 0 Å². The van der Waals surface area contributed by atoms with Crippen LogP contribution in [0.1, 0.15) is 24.4 Å². The molecule has 1 N–H and O–H groups in total. The first-order chi connectivity index (χ1) is 9.83. The lowest BCUT2D eigenvalue weighted by Crippen LogP contribution is -2.41. The zero-order valence-electron chi connectivity index (χ0n) is 11.9. The number of nitrogens with zero attached hydrogens (tertiary/aromatic N) is 1.